The van der Waals surface area contributed by atoms with Crippen molar-refractivity contribution >= 4 is 0 Å². The predicted octanol–water partition coefficient (Wildman–Crippen LogP) is 36.2. The van der Waals surface area contributed by atoms with Gasteiger partial charge in [-0.1, -0.05) is 364 Å². The molecule has 792 valence electrons. The van der Waals surface area contributed by atoms with Gasteiger partial charge in [0.15, 0.2) is 0 Å². The van der Waals surface area contributed by atoms with E-state index in [4.69, 9.17) is 38.5 Å². The fourth-order valence-electron chi connectivity index (χ4n) is 12.9. The van der Waals surface area contributed by atoms with E-state index in [2.05, 4.69) is 533 Å². The van der Waals surface area contributed by atoms with Crippen molar-refractivity contribution in [2.24, 2.45) is 58.2 Å². The molecule has 0 aromatic heterocycles. The van der Waals surface area contributed by atoms with Crippen LogP contribution in [0.5, 0.6) is 0 Å². The van der Waals surface area contributed by atoms with Crippen LogP contribution in [0, 0.1) is 440 Å². The van der Waals surface area contributed by atoms with Crippen molar-refractivity contribution in [2.45, 2.75) is 386 Å². The van der Waals surface area contributed by atoms with Crippen LogP contribution in [-0.2, 0) is 0 Å². The molecule has 2 saturated carbocycles. The van der Waals surface area contributed by atoms with E-state index in [1.807, 2.05) is 6.08 Å². The van der Waals surface area contributed by atoms with Gasteiger partial charge in [0.05, 0.1) is 0 Å². The van der Waals surface area contributed by atoms with Crippen molar-refractivity contribution in [2.75, 3.05) is 0 Å². The number of hydrogen-bond donors (Lipinski definition) is 0. The Kier molecular flexibility index (Phi) is 123. The Labute approximate surface area is 933 Å². The topological polar surface area (TPSA) is 0 Å². The van der Waals surface area contributed by atoms with Crippen LogP contribution < -0.4 is 0 Å². The standard InChI is InChI=1S/C26H44.C20H6.C14H28.C14H2.C12H24.C12H6.C10H16.C10H2.C8H18.C8H6.C6H14.C6H2.20H2/c1-20(2)12-10-14-22(5)26(8,9)24-17-15-23(16-18-24)25(6,7)19-11-13-21(3)4;1-3-5-7-9-11-13-15-17-19-20-18-16-14-12-10-8-6-4-2;1-12(2)8-7-9-13(3)14-10-5-4-6-11-14;1-3-5-7-9-11-13-14-12-10-8-6-4-2;1-11(2)7-6-10-12-8-4-3-5-9-12;1-3-5-7-9-11-12-10-8-6-4-2;1-5-10(4)8-6-7-9(2)3;1-3-5-7-9-10-8-6-4-2;1-4-5-6-7-8(2)3;1-3-5-7-8-6-4-2;1-4-5-6(2)3;1-3-5-6-4-2;;;;;;;;;;;;;;;;;;;;/h12-13,15,24H,5,10-11,14,16-19H2,1-4,6-9H3;1-2H3;12-14H,4-11H2,1-3H3;1-2H;11-12H,3-10H2,1-2H3;1-2H3;5,7H,1,4,6,8H2,2-3H3;1-2H;8H,4-7H2,1-3H3;1-2H3;6H,4-5H2,1-3H3;1-2H;20*1H. The molecule has 0 nitrogen and oxygen atoms in total. The largest absolute Gasteiger partial charge is 0.106 e. The Morgan fingerprint density at radius 3 is 0.890 bits per heavy atom. The average molecular weight is 1960 g/mol. The van der Waals surface area contributed by atoms with Gasteiger partial charge in [0, 0.05) is 28.5 Å². The molecule has 0 radical (unpaired) electrons. The van der Waals surface area contributed by atoms with E-state index in [0.29, 0.717) is 5.41 Å². The monoisotopic (exact) mass is 1960 g/mol. The van der Waals surface area contributed by atoms with Crippen LogP contribution in [0.25, 0.3) is 0 Å². The van der Waals surface area contributed by atoms with Gasteiger partial charge in [-0.05, 0) is 507 Å². The fraction of sp³-hybridized carbons (Fsp3) is 0.466. The van der Waals surface area contributed by atoms with E-state index in [0.717, 1.165) is 78.6 Å². The molecule has 2 unspecified atom stereocenters. The minimum absolute atomic E-state index is 0. The summed E-state index contributed by atoms with van der Waals surface area (Å²) in [6, 6.07) is 0. The van der Waals surface area contributed by atoms with E-state index < -0.39 is 0 Å². The summed E-state index contributed by atoms with van der Waals surface area (Å²) < 4.78 is 0. The molecule has 2 atom stereocenters. The van der Waals surface area contributed by atoms with Crippen LogP contribution >= 0.6 is 0 Å². The highest BCUT2D eigenvalue weighted by molar-refractivity contribution is 5.49. The maximum absolute atomic E-state index is 4.86. The Morgan fingerprint density at radius 1 is 0.342 bits per heavy atom. The lowest BCUT2D eigenvalue weighted by Crippen LogP contribution is -2.29. The number of allylic oxidation sites excluding steroid dienone is 11. The first kappa shape index (κ1) is 148. The Bertz CT molecular complexity index is 5930. The lowest BCUT2D eigenvalue weighted by molar-refractivity contribution is 0.226. The number of rotatable bonds is 28. The van der Waals surface area contributed by atoms with Crippen LogP contribution in [0.4, 0.5) is 0 Å². The van der Waals surface area contributed by atoms with Crippen LogP contribution in [0.15, 0.2) is 83.6 Å². The van der Waals surface area contributed by atoms with E-state index in [1.165, 1.54) is 196 Å². The minimum atomic E-state index is 0. The second-order valence-corrected chi connectivity index (χ2v) is 36.4. The first-order valence-corrected chi connectivity index (χ1v) is 51.0. The summed E-state index contributed by atoms with van der Waals surface area (Å²) in [4.78, 5) is 0. The van der Waals surface area contributed by atoms with Gasteiger partial charge < -0.3 is 0 Å². The van der Waals surface area contributed by atoms with Crippen molar-refractivity contribution in [1.29, 1.82) is 0 Å². The Hall–Kier alpha value is -15.9. The number of terminal acetylenes is 6. The molecule has 0 aromatic carbocycles. The van der Waals surface area contributed by atoms with Gasteiger partial charge in [-0.15, -0.1) is 38.5 Å². The molecule has 0 bridgehead atoms. The minimum Gasteiger partial charge on any atom is -0.106 e. The summed E-state index contributed by atoms with van der Waals surface area (Å²) in [6.07, 6.45) is 82.9. The Balaban J connectivity index is -0.0000000461. The van der Waals surface area contributed by atoms with Gasteiger partial charge >= 0.3 is 0 Å². The van der Waals surface area contributed by atoms with Crippen LogP contribution in [0.3, 0.4) is 0 Å². The fourth-order valence-corrected chi connectivity index (χ4v) is 12.9. The molecule has 0 saturated heterocycles. The summed E-state index contributed by atoms with van der Waals surface area (Å²) >= 11 is 0. The molecule has 146 heavy (non-hydrogen) atoms. The van der Waals surface area contributed by atoms with Gasteiger partial charge in [0.2, 0.25) is 0 Å². The quantitative estimate of drug-likeness (QED) is 0.0317. The summed E-state index contributed by atoms with van der Waals surface area (Å²) in [5.41, 5.74) is 9.03. The predicted molar refractivity (Wildman–Crippen MR) is 687 cm³/mol. The molecule has 3 aliphatic rings. The highest BCUT2D eigenvalue weighted by atomic mass is 14.4. The molecule has 3 rings (SSSR count). The molecule has 0 N–H and O–H groups in total. The molecule has 0 amide bonds. The molecule has 0 heterocycles. The zero-order chi connectivity index (χ0) is 112. The molecule has 0 heteroatoms. The molecular weight excluding hydrogens is 1750 g/mol. The molecule has 0 spiro atoms. The number of hydrogen-bond acceptors (Lipinski definition) is 0. The highest BCUT2D eigenvalue weighted by Gasteiger charge is 2.35. The van der Waals surface area contributed by atoms with Gasteiger partial charge in [0.25, 0.3) is 0 Å². The van der Waals surface area contributed by atoms with Crippen LogP contribution in [0.2, 0.25) is 0 Å². The summed E-state index contributed by atoms with van der Waals surface area (Å²) in [7, 11) is 0. The lowest BCUT2D eigenvalue weighted by atomic mass is 9.64. The maximum Gasteiger partial charge on any atom is 0 e. The van der Waals surface area contributed by atoms with Gasteiger partial charge in [-0.2, -0.15) is 0 Å². The third-order valence-corrected chi connectivity index (χ3v) is 20.8. The van der Waals surface area contributed by atoms with Gasteiger partial charge in [0.1, 0.15) is 0 Å². The van der Waals surface area contributed by atoms with E-state index in [9.17, 15) is 0 Å². The van der Waals surface area contributed by atoms with E-state index in [-0.39, 0.29) is 33.9 Å². The van der Waals surface area contributed by atoms with Gasteiger partial charge in [-0.25, -0.2) is 0 Å². The lowest BCUT2D eigenvalue weighted by Gasteiger charge is -2.41. The summed E-state index contributed by atoms with van der Waals surface area (Å²) in [6.45, 7) is 70.3. The second-order valence-electron chi connectivity index (χ2n) is 36.4. The zero-order valence-corrected chi connectivity index (χ0v) is 95.0. The molecule has 3 aliphatic carbocycles. The summed E-state index contributed by atoms with van der Waals surface area (Å²) in [5, 5.41) is 0. The van der Waals surface area contributed by atoms with Crippen LogP contribution in [-0.4, -0.2) is 0 Å². The zero-order valence-electron chi connectivity index (χ0n) is 95.0. The molecular formula is C146H208. The van der Waals surface area contributed by atoms with E-state index in [1.54, 1.807) is 47.1 Å². The SMILES string of the molecule is C#CC#CC#C.C#CC#CC#CC#CC#C.C#CC#CC#CC#CC#CC#CC#C.C=C(CCC=C(C)C)C(C)(C)C1CC=C(C(C)(C)CCC=C(C)C)CC1.C=CC(=C)CCC=C(C)C.CC#CC#CC#CC.CC#CC#CC#CC#CC#CC.CC#CC#CC#CC#CC#CC#CC#CC#CC#CC.CC(C)CCCC(C)C1CCCCC1.CC(C)CCCC1CCCCC1.CCCC(C)C.CCCCCC(C)C.[HH].[HH].[HH].[HH].[HH].[HH].[HH].[HH].[HH].[HH].[HH].[HH].[HH].[HH].[HH].[HH].[HH].[HH].[HH].[HH]. The first-order valence-electron chi connectivity index (χ1n) is 51.0. The second kappa shape index (κ2) is 121. The Morgan fingerprint density at radius 2 is 0.623 bits per heavy atom. The van der Waals surface area contributed by atoms with Crippen molar-refractivity contribution in [3.63, 3.8) is 0 Å². The molecule has 0 aromatic rings. The van der Waals surface area contributed by atoms with Crippen molar-refractivity contribution in [3.05, 3.63) is 83.6 Å². The molecule has 0 aliphatic heterocycles. The normalized spacial score (nSPS) is 10.3. The smallest absolute Gasteiger partial charge is 0 e. The number of unbranched alkanes of at least 4 members (excludes halogenated alkanes) is 2. The van der Waals surface area contributed by atoms with Crippen molar-refractivity contribution < 1.29 is 28.5 Å². The van der Waals surface area contributed by atoms with Crippen LogP contribution in [0.1, 0.15) is 415 Å². The third-order valence-electron chi connectivity index (χ3n) is 20.8. The molecule has 2 fully saturated rings. The summed E-state index contributed by atoms with van der Waals surface area (Å²) in [5.74, 6) is 149. The third kappa shape index (κ3) is 132. The van der Waals surface area contributed by atoms with Crippen molar-refractivity contribution in [3.8, 4) is 382 Å². The van der Waals surface area contributed by atoms with Gasteiger partial charge in [-0.3, -0.25) is 0 Å². The highest BCUT2D eigenvalue weighted by Crippen LogP contribution is 2.47. The average Bonchev–Trinajstić information content (AvgIpc) is 0.803. The van der Waals surface area contributed by atoms with E-state index >= 15 is 0 Å². The maximum atomic E-state index is 4.86. The van der Waals surface area contributed by atoms with Crippen molar-refractivity contribution in [1.82, 2.24) is 0 Å². The first-order chi connectivity index (χ1) is 70.1.